The average Bonchev–Trinajstić information content (AvgIpc) is 2.77. The van der Waals surface area contributed by atoms with E-state index in [1.54, 1.807) is 14.2 Å². The van der Waals surface area contributed by atoms with Gasteiger partial charge in [0.2, 0.25) is 5.91 Å². The highest BCUT2D eigenvalue weighted by Crippen LogP contribution is 2.29. The molecule has 0 aromatic heterocycles. The van der Waals surface area contributed by atoms with Crippen LogP contribution in [0.3, 0.4) is 0 Å². The summed E-state index contributed by atoms with van der Waals surface area (Å²) >= 11 is 0. The molecular formula is C23H32N4O3. The number of nitrogens with zero attached hydrogens (tertiary/aromatic N) is 1. The maximum Gasteiger partial charge on any atom is 0.227 e. The van der Waals surface area contributed by atoms with Crippen LogP contribution in [0.5, 0.6) is 11.5 Å². The van der Waals surface area contributed by atoms with Crippen LogP contribution in [0.25, 0.3) is 0 Å². The molecule has 7 nitrogen and oxygen atoms in total. The van der Waals surface area contributed by atoms with E-state index in [9.17, 15) is 4.79 Å². The van der Waals surface area contributed by atoms with E-state index in [1.165, 1.54) is 0 Å². The fourth-order valence-electron chi connectivity index (χ4n) is 2.73. The van der Waals surface area contributed by atoms with Crippen molar-refractivity contribution in [3.63, 3.8) is 0 Å². The molecule has 0 spiro atoms. The van der Waals surface area contributed by atoms with Gasteiger partial charge in [0.05, 0.1) is 20.8 Å². The molecule has 2 rings (SSSR count). The first kappa shape index (κ1) is 23.1. The van der Waals surface area contributed by atoms with Crippen LogP contribution in [0, 0.1) is 5.92 Å². The second-order valence-electron chi connectivity index (χ2n) is 6.89. The minimum Gasteiger partial charge on any atom is -0.493 e. The molecule has 162 valence electrons. The number of carbonyl (C=O) groups excluding carboxylic acids is 1. The van der Waals surface area contributed by atoms with Crippen molar-refractivity contribution in [2.75, 3.05) is 31.4 Å². The molecule has 0 radical (unpaired) electrons. The van der Waals surface area contributed by atoms with E-state index in [0.717, 1.165) is 29.9 Å². The summed E-state index contributed by atoms with van der Waals surface area (Å²) in [4.78, 5) is 16.8. The molecule has 0 fully saturated rings. The summed E-state index contributed by atoms with van der Waals surface area (Å²) in [5.74, 6) is 1.97. The molecule has 1 unspecified atom stereocenters. The number of methoxy groups -OCH3 is 2. The lowest BCUT2D eigenvalue weighted by Crippen LogP contribution is -2.30. The Morgan fingerprint density at radius 3 is 2.40 bits per heavy atom. The number of benzene rings is 2. The lowest BCUT2D eigenvalue weighted by molar-refractivity contribution is -0.119. The molecule has 1 atom stereocenters. The second-order valence-corrected chi connectivity index (χ2v) is 6.89. The highest BCUT2D eigenvalue weighted by Gasteiger charge is 2.11. The first-order chi connectivity index (χ1) is 14.5. The minimum atomic E-state index is -0.0160. The number of hydrogen-bond donors (Lipinski definition) is 3. The summed E-state index contributed by atoms with van der Waals surface area (Å²) in [5.41, 5.74) is 2.62. The first-order valence-corrected chi connectivity index (χ1v) is 10.2. The van der Waals surface area contributed by atoms with Crippen LogP contribution in [-0.4, -0.2) is 32.6 Å². The minimum absolute atomic E-state index is 0.0160. The Balaban J connectivity index is 2.11. The molecule has 0 aliphatic carbocycles. The normalized spacial score (nSPS) is 12.1. The second kappa shape index (κ2) is 11.7. The highest BCUT2D eigenvalue weighted by molar-refractivity contribution is 5.94. The number of aliphatic imine (C=N–C) groups is 1. The van der Waals surface area contributed by atoms with Crippen molar-refractivity contribution in [3.8, 4) is 11.5 Å². The van der Waals surface area contributed by atoms with E-state index < -0.39 is 0 Å². The van der Waals surface area contributed by atoms with E-state index in [4.69, 9.17) is 9.47 Å². The van der Waals surface area contributed by atoms with Gasteiger partial charge in [0.25, 0.3) is 0 Å². The number of amides is 1. The largest absolute Gasteiger partial charge is 0.493 e. The molecule has 0 saturated heterocycles. The molecule has 0 aliphatic rings. The molecule has 0 saturated carbocycles. The fourth-order valence-corrected chi connectivity index (χ4v) is 2.73. The van der Waals surface area contributed by atoms with Gasteiger partial charge in [-0.15, -0.1) is 0 Å². The molecule has 1 amide bonds. The maximum atomic E-state index is 12.1. The summed E-state index contributed by atoms with van der Waals surface area (Å²) in [6.45, 7) is 7.13. The SMILES string of the molecule is CCNC(=NCc1cccc(NC(=O)C(C)CC)c1)Nc1ccc(OC)c(OC)c1. The Kier molecular flexibility index (Phi) is 9.00. The van der Waals surface area contributed by atoms with Gasteiger partial charge < -0.3 is 25.4 Å². The molecular weight excluding hydrogens is 380 g/mol. The van der Waals surface area contributed by atoms with Gasteiger partial charge in [-0.3, -0.25) is 4.79 Å². The van der Waals surface area contributed by atoms with Crippen molar-refractivity contribution >= 4 is 23.2 Å². The van der Waals surface area contributed by atoms with Crippen molar-refractivity contribution in [3.05, 3.63) is 48.0 Å². The van der Waals surface area contributed by atoms with Gasteiger partial charge in [-0.05, 0) is 43.2 Å². The topological polar surface area (TPSA) is 84.0 Å². The predicted molar refractivity (Wildman–Crippen MR) is 123 cm³/mol. The lowest BCUT2D eigenvalue weighted by atomic mass is 10.1. The molecule has 2 aromatic carbocycles. The number of ether oxygens (including phenoxy) is 2. The number of hydrogen-bond acceptors (Lipinski definition) is 4. The van der Waals surface area contributed by atoms with Crippen molar-refractivity contribution in [1.82, 2.24) is 5.32 Å². The summed E-state index contributed by atoms with van der Waals surface area (Å²) < 4.78 is 10.6. The number of guanidine groups is 1. The fraction of sp³-hybridized carbons (Fsp3) is 0.391. The van der Waals surface area contributed by atoms with E-state index >= 15 is 0 Å². The lowest BCUT2D eigenvalue weighted by Gasteiger charge is -2.14. The third kappa shape index (κ3) is 6.69. The Labute approximate surface area is 178 Å². The summed E-state index contributed by atoms with van der Waals surface area (Å²) in [6.07, 6.45) is 0.809. The van der Waals surface area contributed by atoms with E-state index in [1.807, 2.05) is 63.2 Å². The number of anilines is 2. The molecule has 0 aliphatic heterocycles. The summed E-state index contributed by atoms with van der Waals surface area (Å²) in [5, 5.41) is 9.48. The van der Waals surface area contributed by atoms with Crippen molar-refractivity contribution in [1.29, 1.82) is 0 Å². The number of rotatable bonds is 9. The standard InChI is InChI=1S/C23H32N4O3/c1-6-16(3)22(28)26-18-10-8-9-17(13-18)15-25-23(24-7-2)27-19-11-12-20(29-4)21(14-19)30-5/h8-14,16H,6-7,15H2,1-5H3,(H,26,28)(H2,24,25,27). The van der Waals surface area contributed by atoms with Gasteiger partial charge in [-0.1, -0.05) is 26.0 Å². The van der Waals surface area contributed by atoms with Crippen LogP contribution in [-0.2, 0) is 11.3 Å². The van der Waals surface area contributed by atoms with Crippen LogP contribution in [0.15, 0.2) is 47.5 Å². The number of carbonyl (C=O) groups is 1. The smallest absolute Gasteiger partial charge is 0.227 e. The van der Waals surface area contributed by atoms with Gasteiger partial charge in [0, 0.05) is 29.9 Å². The zero-order valence-corrected chi connectivity index (χ0v) is 18.4. The van der Waals surface area contributed by atoms with E-state index in [-0.39, 0.29) is 11.8 Å². The van der Waals surface area contributed by atoms with Gasteiger partial charge in [0.1, 0.15) is 0 Å². The quantitative estimate of drug-likeness (QED) is 0.423. The zero-order valence-electron chi connectivity index (χ0n) is 18.4. The third-order valence-corrected chi connectivity index (χ3v) is 4.66. The maximum absolute atomic E-state index is 12.1. The van der Waals surface area contributed by atoms with Crippen LogP contribution >= 0.6 is 0 Å². The molecule has 0 heterocycles. The summed E-state index contributed by atoms with van der Waals surface area (Å²) in [6, 6.07) is 13.3. The molecule has 30 heavy (non-hydrogen) atoms. The average molecular weight is 413 g/mol. The monoisotopic (exact) mass is 412 g/mol. The van der Waals surface area contributed by atoms with Crippen LogP contribution in [0.4, 0.5) is 11.4 Å². The molecule has 3 N–H and O–H groups in total. The predicted octanol–water partition coefficient (Wildman–Crippen LogP) is 4.27. The Morgan fingerprint density at radius 1 is 1.00 bits per heavy atom. The van der Waals surface area contributed by atoms with Crippen molar-refractivity contribution in [2.45, 2.75) is 33.7 Å². The van der Waals surface area contributed by atoms with Gasteiger partial charge >= 0.3 is 0 Å². The summed E-state index contributed by atoms with van der Waals surface area (Å²) in [7, 11) is 3.21. The van der Waals surface area contributed by atoms with Crippen molar-refractivity contribution < 1.29 is 14.3 Å². The van der Waals surface area contributed by atoms with Crippen molar-refractivity contribution in [2.24, 2.45) is 10.9 Å². The first-order valence-electron chi connectivity index (χ1n) is 10.2. The van der Waals surface area contributed by atoms with Gasteiger partial charge in [-0.25, -0.2) is 4.99 Å². The highest BCUT2D eigenvalue weighted by atomic mass is 16.5. The van der Waals surface area contributed by atoms with Crippen LogP contribution < -0.4 is 25.4 Å². The number of nitrogens with one attached hydrogen (secondary N) is 3. The van der Waals surface area contributed by atoms with E-state index in [0.29, 0.717) is 24.0 Å². The van der Waals surface area contributed by atoms with Crippen LogP contribution in [0.1, 0.15) is 32.8 Å². The Hall–Kier alpha value is -3.22. The van der Waals surface area contributed by atoms with Crippen LogP contribution in [0.2, 0.25) is 0 Å². The Morgan fingerprint density at radius 2 is 1.73 bits per heavy atom. The van der Waals surface area contributed by atoms with Gasteiger partial charge in [0.15, 0.2) is 17.5 Å². The van der Waals surface area contributed by atoms with Gasteiger partial charge in [-0.2, -0.15) is 0 Å². The molecule has 2 aromatic rings. The van der Waals surface area contributed by atoms with E-state index in [2.05, 4.69) is 20.9 Å². The molecule has 0 bridgehead atoms. The molecule has 7 heteroatoms. The third-order valence-electron chi connectivity index (χ3n) is 4.66. The Bertz CT molecular complexity index is 867. The zero-order chi connectivity index (χ0) is 21.9.